The second kappa shape index (κ2) is 12.7. The van der Waals surface area contributed by atoms with Gasteiger partial charge in [-0.1, -0.05) is 24.3 Å². The van der Waals surface area contributed by atoms with Crippen LogP contribution in [0, 0.1) is 0 Å². The summed E-state index contributed by atoms with van der Waals surface area (Å²) in [6, 6.07) is 19.6. The van der Waals surface area contributed by atoms with Crippen molar-refractivity contribution in [1.82, 2.24) is 4.90 Å². The quantitative estimate of drug-likeness (QED) is 0.106. The van der Waals surface area contributed by atoms with Crippen LogP contribution in [0.5, 0.6) is 11.5 Å². The van der Waals surface area contributed by atoms with Gasteiger partial charge in [0.1, 0.15) is 11.5 Å². The van der Waals surface area contributed by atoms with E-state index >= 15 is 4.57 Å². The maximum absolute atomic E-state index is 15.3. The van der Waals surface area contributed by atoms with Crippen molar-refractivity contribution in [2.75, 3.05) is 24.3 Å². The zero-order chi connectivity index (χ0) is 38.9. The summed E-state index contributed by atoms with van der Waals surface area (Å²) < 4.78 is 105. The van der Waals surface area contributed by atoms with E-state index in [1.807, 2.05) is 0 Å². The fourth-order valence-corrected chi connectivity index (χ4v) is 9.07. The smallest absolute Gasteiger partial charge is 0.416 e. The van der Waals surface area contributed by atoms with Crippen LogP contribution in [0.25, 0.3) is 0 Å². The lowest BCUT2D eigenvalue weighted by atomic mass is 10.1. The molecule has 0 aliphatic carbocycles. The van der Waals surface area contributed by atoms with E-state index < -0.39 is 59.6 Å². The van der Waals surface area contributed by atoms with Crippen molar-refractivity contribution in [2.45, 2.75) is 12.4 Å². The molecule has 0 saturated heterocycles. The van der Waals surface area contributed by atoms with Crippen molar-refractivity contribution < 1.29 is 54.8 Å². The monoisotopic (exact) mass is 763 g/mol. The van der Waals surface area contributed by atoms with E-state index in [1.54, 1.807) is 6.07 Å². The zero-order valence-electron chi connectivity index (χ0n) is 27.9. The van der Waals surface area contributed by atoms with Crippen LogP contribution in [-0.4, -0.2) is 42.6 Å². The molecule has 0 bridgehead atoms. The largest absolute Gasteiger partial charge is 0.457 e. The van der Waals surface area contributed by atoms with E-state index in [2.05, 4.69) is 5.32 Å². The van der Waals surface area contributed by atoms with Crippen molar-refractivity contribution in [3.63, 3.8) is 0 Å². The molecule has 16 heteroatoms. The van der Waals surface area contributed by atoms with Gasteiger partial charge in [-0.05, 0) is 78.9 Å². The molecular weight excluding hydrogens is 739 g/mol. The number of halogens is 6. The Morgan fingerprint density at radius 2 is 1.07 bits per heavy atom. The predicted octanol–water partition coefficient (Wildman–Crippen LogP) is 7.22. The number of ether oxygens (including phenoxy) is 1. The van der Waals surface area contributed by atoms with E-state index in [4.69, 9.17) is 4.74 Å². The molecular formula is C38H24F6N3O6P. The summed E-state index contributed by atoms with van der Waals surface area (Å²) in [7, 11) is -1.76. The van der Waals surface area contributed by atoms with Gasteiger partial charge < -0.3 is 14.6 Å². The van der Waals surface area contributed by atoms with Crippen molar-refractivity contribution in [1.29, 1.82) is 0 Å². The molecule has 9 nitrogen and oxygen atoms in total. The Labute approximate surface area is 302 Å². The number of hydrogen-bond acceptors (Lipinski definition) is 7. The van der Waals surface area contributed by atoms with Crippen molar-refractivity contribution in [3.8, 4) is 11.5 Å². The van der Waals surface area contributed by atoms with Crippen LogP contribution in [0.3, 0.4) is 0 Å². The van der Waals surface area contributed by atoms with Crippen molar-refractivity contribution >= 4 is 58.1 Å². The van der Waals surface area contributed by atoms with Gasteiger partial charge in [0.25, 0.3) is 23.6 Å². The highest BCUT2D eigenvalue weighted by Gasteiger charge is 2.42. The molecule has 2 heterocycles. The molecule has 0 fully saturated rings. The summed E-state index contributed by atoms with van der Waals surface area (Å²) in [6.07, 6.45) is -10.5. The number of carbonyl (C=O) groups excluding carboxylic acids is 4. The van der Waals surface area contributed by atoms with Crippen molar-refractivity contribution in [3.05, 3.63) is 137 Å². The molecule has 7 rings (SSSR count). The number of amides is 4. The summed E-state index contributed by atoms with van der Waals surface area (Å²) in [5.41, 5.74) is -2.97. The Hall–Kier alpha value is -6.21. The number of alkyl halides is 6. The molecule has 0 spiro atoms. The third-order valence-corrected chi connectivity index (χ3v) is 12.0. The maximum Gasteiger partial charge on any atom is 0.416 e. The van der Waals surface area contributed by atoms with Gasteiger partial charge in [0.05, 0.1) is 39.1 Å². The number of hydrogen-bond donors (Lipinski definition) is 1. The van der Waals surface area contributed by atoms with E-state index in [-0.39, 0.29) is 56.1 Å². The van der Waals surface area contributed by atoms with Gasteiger partial charge >= 0.3 is 12.4 Å². The Balaban J connectivity index is 1.29. The molecule has 5 aromatic rings. The van der Waals surface area contributed by atoms with Crippen LogP contribution in [-0.2, 0) is 16.9 Å². The van der Waals surface area contributed by atoms with Gasteiger partial charge in [-0.2, -0.15) is 26.3 Å². The van der Waals surface area contributed by atoms with Gasteiger partial charge in [-0.15, -0.1) is 0 Å². The van der Waals surface area contributed by atoms with Crippen LogP contribution in [0.4, 0.5) is 37.7 Å². The lowest BCUT2D eigenvalue weighted by molar-refractivity contribution is -0.143. The fourth-order valence-electron chi connectivity index (χ4n) is 6.31. The summed E-state index contributed by atoms with van der Waals surface area (Å²) in [6.45, 7) is 0. The lowest BCUT2D eigenvalue weighted by Crippen LogP contribution is -2.31. The minimum atomic E-state index is -5.23. The number of anilines is 2. The van der Waals surface area contributed by atoms with Gasteiger partial charge in [0.15, 0.2) is 7.14 Å². The second-order valence-corrected chi connectivity index (χ2v) is 15.1. The van der Waals surface area contributed by atoms with Crippen LogP contribution in [0.2, 0.25) is 0 Å². The Bertz CT molecular complexity index is 2470. The molecule has 54 heavy (non-hydrogen) atoms. The Morgan fingerprint density at radius 3 is 1.65 bits per heavy atom. The topological polar surface area (TPSA) is 113 Å². The highest BCUT2D eigenvalue weighted by atomic mass is 31.2. The number of benzene rings is 5. The summed E-state index contributed by atoms with van der Waals surface area (Å²) >= 11 is 0. The first-order chi connectivity index (χ1) is 25.4. The van der Waals surface area contributed by atoms with Crippen LogP contribution >= 0.6 is 7.14 Å². The first-order valence-electron chi connectivity index (χ1n) is 15.9. The van der Waals surface area contributed by atoms with E-state index in [9.17, 15) is 45.5 Å². The third kappa shape index (κ3) is 5.99. The van der Waals surface area contributed by atoms with E-state index in [0.29, 0.717) is 17.8 Å². The molecule has 1 atom stereocenters. The Morgan fingerprint density at radius 1 is 0.574 bits per heavy atom. The Kier molecular flexibility index (Phi) is 8.52. The van der Waals surface area contributed by atoms with Crippen LogP contribution in [0.1, 0.15) is 52.6 Å². The molecule has 274 valence electrons. The van der Waals surface area contributed by atoms with Crippen LogP contribution in [0.15, 0.2) is 103 Å². The summed E-state index contributed by atoms with van der Waals surface area (Å²) in [5.74, 6) is -2.41. The SMILES string of the molecule is CNc1cccc(P(=O)(c2cccc(N3C(=O)c4ccc(Oc5ccc6c(c5)C(=O)N(C)C6=O)cc4C3=O)c2)c2cc(C(F)(F)F)cc(C(F)(F)F)c2)c1. The molecule has 2 aliphatic rings. The molecule has 0 radical (unpaired) electrons. The molecule has 5 aromatic carbocycles. The molecule has 1 N–H and O–H groups in total. The average Bonchev–Trinajstić information content (AvgIpc) is 3.52. The molecule has 4 amide bonds. The number of carbonyl (C=O) groups is 4. The van der Waals surface area contributed by atoms with Gasteiger partial charge in [0, 0.05) is 35.7 Å². The number of nitrogens with zero attached hydrogens (tertiary/aromatic N) is 2. The highest BCUT2D eigenvalue weighted by Crippen LogP contribution is 2.47. The zero-order valence-corrected chi connectivity index (χ0v) is 28.8. The number of rotatable bonds is 7. The predicted molar refractivity (Wildman–Crippen MR) is 186 cm³/mol. The van der Waals surface area contributed by atoms with E-state index in [0.717, 1.165) is 15.9 Å². The minimum absolute atomic E-state index is 0.0493. The fraction of sp³-hybridized carbons (Fsp3) is 0.105. The first-order valence-corrected chi connectivity index (χ1v) is 17.6. The number of nitrogens with one attached hydrogen (secondary N) is 1. The van der Waals surface area contributed by atoms with Gasteiger partial charge in [0.2, 0.25) is 0 Å². The van der Waals surface area contributed by atoms with Gasteiger partial charge in [-0.3, -0.25) is 24.1 Å². The molecule has 1 unspecified atom stereocenters. The lowest BCUT2D eigenvalue weighted by Gasteiger charge is -2.24. The maximum atomic E-state index is 15.3. The summed E-state index contributed by atoms with van der Waals surface area (Å²) in [4.78, 5) is 53.9. The second-order valence-electron chi connectivity index (χ2n) is 12.3. The summed E-state index contributed by atoms with van der Waals surface area (Å²) in [5, 5.41) is 1.66. The van der Waals surface area contributed by atoms with E-state index in [1.165, 1.54) is 86.9 Å². The van der Waals surface area contributed by atoms with Crippen molar-refractivity contribution in [2.24, 2.45) is 0 Å². The van der Waals surface area contributed by atoms with Gasteiger partial charge in [-0.25, -0.2) is 4.90 Å². The molecule has 0 aromatic heterocycles. The standard InChI is InChI=1S/C38H24F6N3O6P/c1-45-22-5-3-7-26(16-22)54(52,28-14-20(37(39,40)41)13-21(15-28)38(42,43)44)27-8-4-6-23(17-27)47-35(50)30-12-10-25(19-32(30)36(47)51)53-24-9-11-29-31(18-24)34(49)46(2)33(29)48/h3-19,45H,1-2H3. The highest BCUT2D eigenvalue weighted by molar-refractivity contribution is 7.85. The number of imide groups is 2. The molecule has 2 aliphatic heterocycles. The minimum Gasteiger partial charge on any atom is -0.457 e. The molecule has 0 saturated carbocycles. The average molecular weight is 764 g/mol. The first kappa shape index (κ1) is 36.2. The third-order valence-electron chi connectivity index (χ3n) is 9.04. The number of fused-ring (bicyclic) bond motifs is 2. The normalized spacial score (nSPS) is 15.3. The van der Waals surface area contributed by atoms with Crippen LogP contribution < -0.4 is 30.9 Å².